The molecule has 2 rings (SSSR count). The molecular weight excluding hydrogens is 212 g/mol. The van der Waals surface area contributed by atoms with E-state index in [2.05, 4.69) is 4.98 Å². The van der Waals surface area contributed by atoms with Crippen LogP contribution in [0.2, 0.25) is 0 Å². The maximum absolute atomic E-state index is 6.21. The summed E-state index contributed by atoms with van der Waals surface area (Å²) >= 11 is 0. The number of benzene rings is 1. The second kappa shape index (κ2) is 4.97. The van der Waals surface area contributed by atoms with Gasteiger partial charge in [-0.2, -0.15) is 0 Å². The Bertz CT molecular complexity index is 494. The Labute approximate surface area is 101 Å². The molecule has 88 valence electrons. The van der Waals surface area contributed by atoms with Crippen molar-refractivity contribution in [3.05, 3.63) is 59.4 Å². The number of pyridine rings is 1. The Morgan fingerprint density at radius 2 is 1.88 bits per heavy atom. The number of aromatic nitrogens is 1. The van der Waals surface area contributed by atoms with Gasteiger partial charge in [0.1, 0.15) is 5.75 Å². The highest BCUT2D eigenvalue weighted by Gasteiger charge is 2.12. The largest absolute Gasteiger partial charge is 0.497 e. The van der Waals surface area contributed by atoms with E-state index in [0.717, 1.165) is 22.6 Å². The number of hydrogen-bond donors (Lipinski definition) is 1. The van der Waals surface area contributed by atoms with Crippen molar-refractivity contribution < 1.29 is 4.74 Å². The van der Waals surface area contributed by atoms with E-state index in [1.165, 1.54) is 0 Å². The zero-order chi connectivity index (χ0) is 12.3. The Morgan fingerprint density at radius 3 is 2.47 bits per heavy atom. The second-order valence-corrected chi connectivity index (χ2v) is 3.96. The molecule has 2 N–H and O–H groups in total. The Kier molecular flexibility index (Phi) is 3.40. The first-order valence-corrected chi connectivity index (χ1v) is 5.53. The summed E-state index contributed by atoms with van der Waals surface area (Å²) in [5.41, 5.74) is 9.26. The molecule has 1 heterocycles. The fourth-order valence-electron chi connectivity index (χ4n) is 1.79. The van der Waals surface area contributed by atoms with E-state index in [0.29, 0.717) is 0 Å². The molecule has 1 atom stereocenters. The van der Waals surface area contributed by atoms with E-state index in [9.17, 15) is 0 Å². The number of rotatable bonds is 3. The molecule has 0 fully saturated rings. The van der Waals surface area contributed by atoms with Gasteiger partial charge in [-0.05, 0) is 36.2 Å². The zero-order valence-electron chi connectivity index (χ0n) is 10.1. The highest BCUT2D eigenvalue weighted by Crippen LogP contribution is 2.22. The van der Waals surface area contributed by atoms with Gasteiger partial charge in [-0.1, -0.05) is 18.2 Å². The molecule has 0 aliphatic rings. The molecule has 1 unspecified atom stereocenters. The number of ether oxygens (including phenoxy) is 1. The van der Waals surface area contributed by atoms with Crippen LogP contribution in [-0.4, -0.2) is 12.1 Å². The van der Waals surface area contributed by atoms with Gasteiger partial charge in [0.15, 0.2) is 0 Å². The molecule has 0 amide bonds. The molecule has 0 saturated carbocycles. The minimum Gasteiger partial charge on any atom is -0.497 e. The lowest BCUT2D eigenvalue weighted by Crippen LogP contribution is -2.14. The predicted octanol–water partition coefficient (Wildman–Crippen LogP) is 2.45. The number of methoxy groups -OCH3 is 1. The number of nitrogens with two attached hydrogens (primary N) is 1. The maximum atomic E-state index is 6.21. The summed E-state index contributed by atoms with van der Waals surface area (Å²) in [6.45, 7) is 2.02. The summed E-state index contributed by atoms with van der Waals surface area (Å²) in [5, 5.41) is 0. The Hall–Kier alpha value is -1.87. The van der Waals surface area contributed by atoms with Gasteiger partial charge in [0.05, 0.1) is 18.8 Å². The summed E-state index contributed by atoms with van der Waals surface area (Å²) < 4.78 is 5.12. The van der Waals surface area contributed by atoms with Crippen molar-refractivity contribution in [3.63, 3.8) is 0 Å². The van der Waals surface area contributed by atoms with Crippen molar-refractivity contribution in [1.82, 2.24) is 4.98 Å². The van der Waals surface area contributed by atoms with Gasteiger partial charge in [-0.3, -0.25) is 4.98 Å². The van der Waals surface area contributed by atoms with Crippen LogP contribution in [0.25, 0.3) is 0 Å². The molecule has 2 aromatic rings. The van der Waals surface area contributed by atoms with E-state index in [4.69, 9.17) is 10.5 Å². The molecular formula is C14H16N2O. The third-order valence-electron chi connectivity index (χ3n) is 2.82. The van der Waals surface area contributed by atoms with Crippen molar-refractivity contribution >= 4 is 0 Å². The van der Waals surface area contributed by atoms with Gasteiger partial charge in [-0.25, -0.2) is 0 Å². The highest BCUT2D eigenvalue weighted by molar-refractivity contribution is 5.35. The van der Waals surface area contributed by atoms with Gasteiger partial charge in [-0.15, -0.1) is 0 Å². The SMILES string of the molecule is COc1ccc(C(N)c2ncccc2C)cc1. The maximum Gasteiger partial charge on any atom is 0.118 e. The average molecular weight is 228 g/mol. The third kappa shape index (κ3) is 2.45. The van der Waals surface area contributed by atoms with E-state index in [-0.39, 0.29) is 6.04 Å². The van der Waals surface area contributed by atoms with Gasteiger partial charge in [0.2, 0.25) is 0 Å². The van der Waals surface area contributed by atoms with Gasteiger partial charge in [0, 0.05) is 6.20 Å². The first kappa shape index (κ1) is 11.6. The van der Waals surface area contributed by atoms with E-state index in [1.54, 1.807) is 13.3 Å². The lowest BCUT2D eigenvalue weighted by atomic mass is 10.0. The van der Waals surface area contributed by atoms with Crippen molar-refractivity contribution in [1.29, 1.82) is 0 Å². The second-order valence-electron chi connectivity index (χ2n) is 3.96. The molecule has 0 aliphatic carbocycles. The number of aryl methyl sites for hydroxylation is 1. The van der Waals surface area contributed by atoms with Crippen LogP contribution in [0.15, 0.2) is 42.6 Å². The van der Waals surface area contributed by atoms with Crippen LogP contribution in [0.4, 0.5) is 0 Å². The van der Waals surface area contributed by atoms with E-state index in [1.807, 2.05) is 43.3 Å². The van der Waals surface area contributed by atoms with Crippen LogP contribution in [0.1, 0.15) is 22.9 Å². The lowest BCUT2D eigenvalue weighted by molar-refractivity contribution is 0.414. The number of nitrogens with zero attached hydrogens (tertiary/aromatic N) is 1. The quantitative estimate of drug-likeness (QED) is 0.877. The summed E-state index contributed by atoms with van der Waals surface area (Å²) in [7, 11) is 1.65. The topological polar surface area (TPSA) is 48.1 Å². The van der Waals surface area contributed by atoms with E-state index < -0.39 is 0 Å². The summed E-state index contributed by atoms with van der Waals surface area (Å²) in [6.07, 6.45) is 1.77. The standard InChI is InChI=1S/C14H16N2O/c1-10-4-3-9-16-14(10)13(15)11-5-7-12(17-2)8-6-11/h3-9,13H,15H2,1-2H3. The molecule has 0 spiro atoms. The Morgan fingerprint density at radius 1 is 1.18 bits per heavy atom. The van der Waals surface area contributed by atoms with Gasteiger partial charge < -0.3 is 10.5 Å². The smallest absolute Gasteiger partial charge is 0.118 e. The van der Waals surface area contributed by atoms with Crippen molar-refractivity contribution in [2.45, 2.75) is 13.0 Å². The molecule has 3 heteroatoms. The molecule has 0 radical (unpaired) electrons. The van der Waals surface area contributed by atoms with Crippen LogP contribution < -0.4 is 10.5 Å². The first-order valence-electron chi connectivity index (χ1n) is 5.53. The van der Waals surface area contributed by atoms with Crippen LogP contribution in [0.5, 0.6) is 5.75 Å². The predicted molar refractivity (Wildman–Crippen MR) is 68.0 cm³/mol. The van der Waals surface area contributed by atoms with E-state index >= 15 is 0 Å². The number of hydrogen-bond acceptors (Lipinski definition) is 3. The third-order valence-corrected chi connectivity index (χ3v) is 2.82. The molecule has 1 aromatic heterocycles. The minimum absolute atomic E-state index is 0.192. The summed E-state index contributed by atoms with van der Waals surface area (Å²) in [4.78, 5) is 4.34. The van der Waals surface area contributed by atoms with Crippen LogP contribution in [-0.2, 0) is 0 Å². The summed E-state index contributed by atoms with van der Waals surface area (Å²) in [6, 6.07) is 11.5. The Balaban J connectivity index is 2.30. The van der Waals surface area contributed by atoms with Crippen molar-refractivity contribution in [2.24, 2.45) is 5.73 Å². The zero-order valence-corrected chi connectivity index (χ0v) is 10.1. The molecule has 0 bridgehead atoms. The first-order chi connectivity index (χ1) is 8.22. The average Bonchev–Trinajstić information content (AvgIpc) is 2.39. The van der Waals surface area contributed by atoms with Gasteiger partial charge in [0.25, 0.3) is 0 Å². The molecule has 0 aliphatic heterocycles. The molecule has 3 nitrogen and oxygen atoms in total. The molecule has 17 heavy (non-hydrogen) atoms. The van der Waals surface area contributed by atoms with Crippen molar-refractivity contribution in [2.75, 3.05) is 7.11 Å². The normalized spacial score (nSPS) is 12.2. The van der Waals surface area contributed by atoms with Crippen LogP contribution in [0, 0.1) is 6.92 Å². The fraction of sp³-hybridized carbons (Fsp3) is 0.214. The van der Waals surface area contributed by atoms with Crippen molar-refractivity contribution in [3.8, 4) is 5.75 Å². The summed E-state index contributed by atoms with van der Waals surface area (Å²) in [5.74, 6) is 0.832. The fourth-order valence-corrected chi connectivity index (χ4v) is 1.79. The van der Waals surface area contributed by atoms with Gasteiger partial charge >= 0.3 is 0 Å². The lowest BCUT2D eigenvalue weighted by Gasteiger charge is -2.14. The highest BCUT2D eigenvalue weighted by atomic mass is 16.5. The monoisotopic (exact) mass is 228 g/mol. The molecule has 0 saturated heterocycles. The van der Waals surface area contributed by atoms with Crippen LogP contribution in [0.3, 0.4) is 0 Å². The molecule has 1 aromatic carbocycles. The van der Waals surface area contributed by atoms with Crippen LogP contribution >= 0.6 is 0 Å². The minimum atomic E-state index is -0.192.